The zero-order valence-corrected chi connectivity index (χ0v) is 11.5. The van der Waals surface area contributed by atoms with Gasteiger partial charge in [-0.05, 0) is 25.3 Å². The van der Waals surface area contributed by atoms with Crippen LogP contribution in [0, 0.1) is 0 Å². The molecule has 0 aliphatic heterocycles. The third-order valence-corrected chi connectivity index (χ3v) is 3.21. The lowest BCUT2D eigenvalue weighted by atomic mass is 10.0. The number of aryl methyl sites for hydroxylation is 1. The number of benzene rings is 1. The smallest absolute Gasteiger partial charge is 0.358 e. The molecule has 1 N–H and O–H groups in total. The minimum Gasteiger partial charge on any atom is -0.476 e. The van der Waals surface area contributed by atoms with Crippen molar-refractivity contribution in [1.82, 2.24) is 5.16 Å². The number of hydrogen-bond acceptors (Lipinski definition) is 4. The second-order valence-electron chi connectivity index (χ2n) is 4.66. The first-order valence-electron chi connectivity index (χ1n) is 6.42. The van der Waals surface area contributed by atoms with Crippen molar-refractivity contribution in [3.8, 4) is 11.3 Å². The Hall–Kier alpha value is -2.14. The molecule has 0 saturated carbocycles. The van der Waals surface area contributed by atoms with Crippen molar-refractivity contribution in [2.75, 3.05) is 7.11 Å². The van der Waals surface area contributed by atoms with Gasteiger partial charge in [0.05, 0.1) is 6.10 Å². The number of hydrogen-bond donors (Lipinski definition) is 1. The maximum Gasteiger partial charge on any atom is 0.358 e. The van der Waals surface area contributed by atoms with E-state index in [2.05, 4.69) is 5.16 Å². The molecule has 2 aromatic rings. The molecule has 0 spiro atoms. The Morgan fingerprint density at radius 3 is 2.65 bits per heavy atom. The summed E-state index contributed by atoms with van der Waals surface area (Å²) in [5, 5.41) is 12.3. The van der Waals surface area contributed by atoms with Crippen LogP contribution in [-0.2, 0) is 11.2 Å². The molecule has 0 saturated heterocycles. The van der Waals surface area contributed by atoms with Crippen LogP contribution in [-0.4, -0.2) is 29.4 Å². The van der Waals surface area contributed by atoms with Crippen LogP contribution in [0.25, 0.3) is 11.3 Å². The third kappa shape index (κ3) is 3.45. The van der Waals surface area contributed by atoms with E-state index in [1.54, 1.807) is 7.11 Å². The minimum absolute atomic E-state index is 0.0852. The van der Waals surface area contributed by atoms with Crippen molar-refractivity contribution >= 4 is 5.97 Å². The van der Waals surface area contributed by atoms with Crippen LogP contribution in [0.4, 0.5) is 0 Å². The average molecular weight is 275 g/mol. The SMILES string of the molecule is COC(C)CCc1ccc(-c2cc(C(=O)O)no2)cc1. The van der Waals surface area contributed by atoms with Gasteiger partial charge in [0.1, 0.15) is 0 Å². The number of nitrogens with zero attached hydrogens (tertiary/aromatic N) is 1. The lowest BCUT2D eigenvalue weighted by molar-refractivity contribution is 0.0686. The number of ether oxygens (including phenoxy) is 1. The molecular weight excluding hydrogens is 258 g/mol. The van der Waals surface area contributed by atoms with E-state index in [1.165, 1.54) is 11.6 Å². The minimum atomic E-state index is -1.09. The van der Waals surface area contributed by atoms with Crippen LogP contribution in [0.3, 0.4) is 0 Å². The van der Waals surface area contributed by atoms with Gasteiger partial charge in [0.2, 0.25) is 0 Å². The highest BCUT2D eigenvalue weighted by Gasteiger charge is 2.12. The molecule has 1 atom stereocenters. The predicted octanol–water partition coefficient (Wildman–Crippen LogP) is 3.01. The van der Waals surface area contributed by atoms with Crippen molar-refractivity contribution in [2.24, 2.45) is 0 Å². The standard InChI is InChI=1S/C15H17NO4/c1-10(19-2)3-4-11-5-7-12(8-6-11)14-9-13(15(17)18)16-20-14/h5-10H,3-4H2,1-2H3,(H,17,18). The first-order valence-corrected chi connectivity index (χ1v) is 6.42. The molecule has 2 rings (SSSR count). The highest BCUT2D eigenvalue weighted by Crippen LogP contribution is 2.21. The topological polar surface area (TPSA) is 72.6 Å². The highest BCUT2D eigenvalue weighted by molar-refractivity contribution is 5.86. The van der Waals surface area contributed by atoms with Gasteiger partial charge in [0.25, 0.3) is 0 Å². The van der Waals surface area contributed by atoms with Crippen LogP contribution < -0.4 is 0 Å². The fourth-order valence-electron chi connectivity index (χ4n) is 1.84. The maximum absolute atomic E-state index is 10.7. The molecule has 0 amide bonds. The lowest BCUT2D eigenvalue weighted by Crippen LogP contribution is -2.05. The first-order chi connectivity index (χ1) is 9.60. The van der Waals surface area contributed by atoms with Crippen LogP contribution in [0.15, 0.2) is 34.9 Å². The largest absolute Gasteiger partial charge is 0.476 e. The fourth-order valence-corrected chi connectivity index (χ4v) is 1.84. The molecule has 106 valence electrons. The quantitative estimate of drug-likeness (QED) is 0.877. The normalized spacial score (nSPS) is 12.3. The van der Waals surface area contributed by atoms with Gasteiger partial charge in [-0.25, -0.2) is 4.79 Å². The average Bonchev–Trinajstić information content (AvgIpc) is 2.95. The number of aromatic nitrogens is 1. The van der Waals surface area contributed by atoms with Crippen LogP contribution in [0.1, 0.15) is 29.4 Å². The van der Waals surface area contributed by atoms with E-state index in [1.807, 2.05) is 31.2 Å². The molecule has 0 fully saturated rings. The van der Waals surface area contributed by atoms with Crippen molar-refractivity contribution < 1.29 is 19.2 Å². The van der Waals surface area contributed by atoms with Crippen LogP contribution in [0.2, 0.25) is 0 Å². The number of carboxylic acids is 1. The van der Waals surface area contributed by atoms with Gasteiger partial charge in [-0.3, -0.25) is 0 Å². The Morgan fingerprint density at radius 1 is 1.40 bits per heavy atom. The molecule has 20 heavy (non-hydrogen) atoms. The molecule has 1 aromatic heterocycles. The summed E-state index contributed by atoms with van der Waals surface area (Å²) in [7, 11) is 1.71. The van der Waals surface area contributed by atoms with Crippen LogP contribution in [0.5, 0.6) is 0 Å². The molecule has 0 aliphatic carbocycles. The summed E-state index contributed by atoms with van der Waals surface area (Å²) in [5.74, 6) is -0.635. The third-order valence-electron chi connectivity index (χ3n) is 3.21. The molecule has 5 heteroatoms. The molecule has 0 aliphatic rings. The summed E-state index contributed by atoms with van der Waals surface area (Å²) < 4.78 is 10.2. The van der Waals surface area contributed by atoms with E-state index in [0.717, 1.165) is 18.4 Å². The maximum atomic E-state index is 10.7. The van der Waals surface area contributed by atoms with Gasteiger partial charge in [-0.2, -0.15) is 0 Å². The number of carboxylic acid groups (broad SMARTS) is 1. The number of carbonyl (C=O) groups is 1. The molecule has 0 bridgehead atoms. The van der Waals surface area contributed by atoms with Crippen molar-refractivity contribution in [3.05, 3.63) is 41.6 Å². The Balaban J connectivity index is 2.05. The molecule has 0 radical (unpaired) electrons. The van der Waals surface area contributed by atoms with E-state index in [4.69, 9.17) is 14.4 Å². The van der Waals surface area contributed by atoms with Crippen LogP contribution >= 0.6 is 0 Å². The van der Waals surface area contributed by atoms with E-state index in [-0.39, 0.29) is 11.8 Å². The van der Waals surface area contributed by atoms with Gasteiger partial charge < -0.3 is 14.4 Å². The van der Waals surface area contributed by atoms with E-state index >= 15 is 0 Å². The molecule has 1 unspecified atom stereocenters. The monoisotopic (exact) mass is 275 g/mol. The number of methoxy groups -OCH3 is 1. The molecule has 5 nitrogen and oxygen atoms in total. The van der Waals surface area contributed by atoms with E-state index < -0.39 is 5.97 Å². The van der Waals surface area contributed by atoms with Crippen molar-refractivity contribution in [3.63, 3.8) is 0 Å². The second-order valence-corrected chi connectivity index (χ2v) is 4.66. The van der Waals surface area contributed by atoms with Gasteiger partial charge in [-0.15, -0.1) is 0 Å². The van der Waals surface area contributed by atoms with Gasteiger partial charge in [0.15, 0.2) is 11.5 Å². The Kier molecular flexibility index (Phi) is 4.53. The van der Waals surface area contributed by atoms with Crippen molar-refractivity contribution in [2.45, 2.75) is 25.9 Å². The number of aromatic carboxylic acids is 1. The van der Waals surface area contributed by atoms with Crippen molar-refractivity contribution in [1.29, 1.82) is 0 Å². The summed E-state index contributed by atoms with van der Waals surface area (Å²) in [6.07, 6.45) is 2.13. The molecule has 1 heterocycles. The van der Waals surface area contributed by atoms with E-state index in [9.17, 15) is 4.79 Å². The van der Waals surface area contributed by atoms with Gasteiger partial charge >= 0.3 is 5.97 Å². The Morgan fingerprint density at radius 2 is 2.10 bits per heavy atom. The fraction of sp³-hybridized carbons (Fsp3) is 0.333. The van der Waals surface area contributed by atoms with E-state index in [0.29, 0.717) is 5.76 Å². The lowest BCUT2D eigenvalue weighted by Gasteiger charge is -2.08. The summed E-state index contributed by atoms with van der Waals surface area (Å²) in [4.78, 5) is 10.7. The van der Waals surface area contributed by atoms with Gasteiger partial charge in [-0.1, -0.05) is 29.4 Å². The predicted molar refractivity (Wildman–Crippen MR) is 73.7 cm³/mol. The molecular formula is C15H17NO4. The summed E-state index contributed by atoms with van der Waals surface area (Å²) in [6.45, 7) is 2.04. The summed E-state index contributed by atoms with van der Waals surface area (Å²) >= 11 is 0. The molecule has 1 aromatic carbocycles. The highest BCUT2D eigenvalue weighted by atomic mass is 16.5. The summed E-state index contributed by atoms with van der Waals surface area (Å²) in [5.41, 5.74) is 1.93. The number of rotatable bonds is 6. The van der Waals surface area contributed by atoms with Gasteiger partial charge in [0, 0.05) is 18.7 Å². The zero-order chi connectivity index (χ0) is 14.5. The first kappa shape index (κ1) is 14.3. The summed E-state index contributed by atoms with van der Waals surface area (Å²) in [6, 6.07) is 9.23. The Labute approximate surface area is 117 Å². The Bertz CT molecular complexity index is 574. The second kappa shape index (κ2) is 6.34. The zero-order valence-electron chi connectivity index (χ0n) is 11.5.